The fourth-order valence-electron chi connectivity index (χ4n) is 1.33. The Labute approximate surface area is 90.8 Å². The standard InChI is InChI=1S/C11H19N3O/c1-5-11(4,7-15)14-10-6-8(2)12-9(3)13-10/h6,15H,5,7H2,1-4H3,(H,12,13,14). The van der Waals surface area contributed by atoms with Crippen LogP contribution in [0.5, 0.6) is 0 Å². The minimum absolute atomic E-state index is 0.0889. The average Bonchev–Trinajstić information content (AvgIpc) is 2.16. The second-order valence-electron chi connectivity index (χ2n) is 4.14. The van der Waals surface area contributed by atoms with Gasteiger partial charge < -0.3 is 10.4 Å². The molecule has 1 unspecified atom stereocenters. The van der Waals surface area contributed by atoms with Crippen molar-refractivity contribution in [3.05, 3.63) is 17.6 Å². The summed E-state index contributed by atoms with van der Waals surface area (Å²) in [6, 6.07) is 1.89. The van der Waals surface area contributed by atoms with Crippen LogP contribution in [0.15, 0.2) is 6.07 Å². The van der Waals surface area contributed by atoms with Gasteiger partial charge in [0, 0.05) is 11.8 Å². The van der Waals surface area contributed by atoms with Gasteiger partial charge in [-0.2, -0.15) is 0 Å². The third kappa shape index (κ3) is 3.16. The molecule has 1 rings (SSSR count). The molecule has 0 aromatic carbocycles. The van der Waals surface area contributed by atoms with E-state index in [2.05, 4.69) is 15.3 Å². The molecule has 1 atom stereocenters. The lowest BCUT2D eigenvalue weighted by molar-refractivity contribution is 0.218. The Morgan fingerprint density at radius 3 is 2.53 bits per heavy atom. The molecule has 0 amide bonds. The predicted octanol–water partition coefficient (Wildman–Crippen LogP) is 1.67. The Hall–Kier alpha value is -1.16. The zero-order valence-electron chi connectivity index (χ0n) is 9.83. The summed E-state index contributed by atoms with van der Waals surface area (Å²) in [6.45, 7) is 7.89. The molecule has 0 fully saturated rings. The number of aliphatic hydroxyl groups excluding tert-OH is 1. The van der Waals surface area contributed by atoms with Crippen LogP contribution in [0, 0.1) is 13.8 Å². The largest absolute Gasteiger partial charge is 0.394 e. The maximum absolute atomic E-state index is 9.28. The van der Waals surface area contributed by atoms with Crippen LogP contribution in [0.25, 0.3) is 0 Å². The summed E-state index contributed by atoms with van der Waals surface area (Å²) >= 11 is 0. The van der Waals surface area contributed by atoms with Gasteiger partial charge in [-0.15, -0.1) is 0 Å². The van der Waals surface area contributed by atoms with Gasteiger partial charge in [0.05, 0.1) is 12.1 Å². The lowest BCUT2D eigenvalue weighted by atomic mass is 10.0. The molecule has 4 heteroatoms. The highest BCUT2D eigenvalue weighted by Crippen LogP contribution is 2.16. The summed E-state index contributed by atoms with van der Waals surface area (Å²) in [7, 11) is 0. The van der Waals surface area contributed by atoms with E-state index in [4.69, 9.17) is 0 Å². The second kappa shape index (κ2) is 4.57. The summed E-state index contributed by atoms with van der Waals surface area (Å²) in [5.74, 6) is 1.52. The maximum atomic E-state index is 9.28. The fraction of sp³-hybridized carbons (Fsp3) is 0.636. The molecule has 0 aliphatic heterocycles. The lowest BCUT2D eigenvalue weighted by Crippen LogP contribution is -2.38. The van der Waals surface area contributed by atoms with Crippen molar-refractivity contribution in [2.24, 2.45) is 0 Å². The fourth-order valence-corrected chi connectivity index (χ4v) is 1.33. The van der Waals surface area contributed by atoms with E-state index < -0.39 is 0 Å². The molecule has 0 bridgehead atoms. The van der Waals surface area contributed by atoms with Gasteiger partial charge in [0.15, 0.2) is 0 Å². The minimum Gasteiger partial charge on any atom is -0.394 e. The van der Waals surface area contributed by atoms with Gasteiger partial charge in [-0.1, -0.05) is 6.92 Å². The van der Waals surface area contributed by atoms with Gasteiger partial charge in [-0.25, -0.2) is 9.97 Å². The summed E-state index contributed by atoms with van der Waals surface area (Å²) in [5.41, 5.74) is 0.620. The summed E-state index contributed by atoms with van der Waals surface area (Å²) in [4.78, 5) is 8.48. The highest BCUT2D eigenvalue weighted by Gasteiger charge is 2.20. The van der Waals surface area contributed by atoms with Gasteiger partial charge in [-0.3, -0.25) is 0 Å². The van der Waals surface area contributed by atoms with E-state index in [9.17, 15) is 5.11 Å². The second-order valence-corrected chi connectivity index (χ2v) is 4.14. The van der Waals surface area contributed by atoms with Gasteiger partial charge in [0.2, 0.25) is 0 Å². The monoisotopic (exact) mass is 209 g/mol. The minimum atomic E-state index is -0.312. The molecule has 0 aliphatic carbocycles. The van der Waals surface area contributed by atoms with E-state index in [0.717, 1.165) is 23.8 Å². The number of rotatable bonds is 4. The molecular formula is C11H19N3O. The van der Waals surface area contributed by atoms with Gasteiger partial charge in [0.25, 0.3) is 0 Å². The first-order chi connectivity index (χ1) is 6.99. The number of aryl methyl sites for hydroxylation is 2. The molecule has 1 aromatic heterocycles. The van der Waals surface area contributed by atoms with Crippen LogP contribution in [-0.2, 0) is 0 Å². The summed E-state index contributed by atoms with van der Waals surface area (Å²) < 4.78 is 0. The Bertz CT molecular complexity index is 314. The number of anilines is 1. The number of aromatic nitrogens is 2. The molecule has 1 heterocycles. The van der Waals surface area contributed by atoms with Crippen molar-refractivity contribution in [3.63, 3.8) is 0 Å². The van der Waals surface area contributed by atoms with Crippen molar-refractivity contribution >= 4 is 5.82 Å². The van der Waals surface area contributed by atoms with Crippen LogP contribution in [0.2, 0.25) is 0 Å². The predicted molar refractivity (Wildman–Crippen MR) is 60.9 cm³/mol. The zero-order valence-corrected chi connectivity index (χ0v) is 9.83. The van der Waals surface area contributed by atoms with E-state index in [0.29, 0.717) is 0 Å². The SMILES string of the molecule is CCC(C)(CO)Nc1cc(C)nc(C)n1. The highest BCUT2D eigenvalue weighted by molar-refractivity contribution is 5.38. The van der Waals surface area contributed by atoms with Crippen molar-refractivity contribution < 1.29 is 5.11 Å². The van der Waals surface area contributed by atoms with E-state index >= 15 is 0 Å². The topological polar surface area (TPSA) is 58.0 Å². The van der Waals surface area contributed by atoms with Crippen molar-refractivity contribution in [3.8, 4) is 0 Å². The molecule has 1 aromatic rings. The summed E-state index contributed by atoms with van der Waals surface area (Å²) in [5, 5.41) is 12.5. The smallest absolute Gasteiger partial charge is 0.130 e. The molecule has 0 saturated carbocycles. The molecule has 84 valence electrons. The van der Waals surface area contributed by atoms with Crippen molar-refractivity contribution in [2.45, 2.75) is 39.7 Å². The van der Waals surface area contributed by atoms with Crippen molar-refractivity contribution in [1.29, 1.82) is 0 Å². The normalized spacial score (nSPS) is 14.7. The number of hydrogen-bond donors (Lipinski definition) is 2. The molecule has 0 spiro atoms. The van der Waals surface area contributed by atoms with Crippen molar-refractivity contribution in [2.75, 3.05) is 11.9 Å². The van der Waals surface area contributed by atoms with Crippen LogP contribution in [0.3, 0.4) is 0 Å². The molecule has 0 saturated heterocycles. The van der Waals surface area contributed by atoms with E-state index in [-0.39, 0.29) is 12.1 Å². The van der Waals surface area contributed by atoms with Crippen LogP contribution in [0.1, 0.15) is 31.8 Å². The van der Waals surface area contributed by atoms with Gasteiger partial charge >= 0.3 is 0 Å². The van der Waals surface area contributed by atoms with Crippen LogP contribution >= 0.6 is 0 Å². The van der Waals surface area contributed by atoms with Gasteiger partial charge in [-0.05, 0) is 27.2 Å². The first-order valence-corrected chi connectivity index (χ1v) is 5.20. The number of nitrogens with one attached hydrogen (secondary N) is 1. The molecule has 0 radical (unpaired) electrons. The molecule has 4 nitrogen and oxygen atoms in total. The summed E-state index contributed by atoms with van der Waals surface area (Å²) in [6.07, 6.45) is 0.839. The number of nitrogens with zero attached hydrogens (tertiary/aromatic N) is 2. The lowest BCUT2D eigenvalue weighted by Gasteiger charge is -2.27. The van der Waals surface area contributed by atoms with Crippen LogP contribution in [0.4, 0.5) is 5.82 Å². The third-order valence-electron chi connectivity index (χ3n) is 2.53. The maximum Gasteiger partial charge on any atom is 0.130 e. The van der Waals surface area contributed by atoms with Crippen molar-refractivity contribution in [1.82, 2.24) is 9.97 Å². The Morgan fingerprint density at radius 1 is 1.40 bits per heavy atom. The average molecular weight is 209 g/mol. The van der Waals surface area contributed by atoms with Gasteiger partial charge in [0.1, 0.15) is 11.6 Å². The van der Waals surface area contributed by atoms with Crippen LogP contribution < -0.4 is 5.32 Å². The Balaban J connectivity index is 2.88. The Morgan fingerprint density at radius 2 is 2.07 bits per heavy atom. The van der Waals surface area contributed by atoms with Crippen LogP contribution in [-0.4, -0.2) is 27.2 Å². The first kappa shape index (κ1) is 11.9. The highest BCUT2D eigenvalue weighted by atomic mass is 16.3. The molecule has 0 aliphatic rings. The zero-order chi connectivity index (χ0) is 11.5. The Kier molecular flexibility index (Phi) is 3.63. The molecule has 2 N–H and O–H groups in total. The quantitative estimate of drug-likeness (QED) is 0.792. The van der Waals surface area contributed by atoms with E-state index in [1.165, 1.54) is 0 Å². The van der Waals surface area contributed by atoms with E-state index in [1.807, 2.05) is 33.8 Å². The number of hydrogen-bond acceptors (Lipinski definition) is 4. The number of aliphatic hydroxyl groups is 1. The first-order valence-electron chi connectivity index (χ1n) is 5.20. The molecule has 15 heavy (non-hydrogen) atoms. The third-order valence-corrected chi connectivity index (χ3v) is 2.53. The molecular weight excluding hydrogens is 190 g/mol. The van der Waals surface area contributed by atoms with E-state index in [1.54, 1.807) is 0 Å².